The lowest BCUT2D eigenvalue weighted by molar-refractivity contribution is -0.109. The fraction of sp³-hybridized carbons (Fsp3) is 0.286. The van der Waals surface area contributed by atoms with Gasteiger partial charge in [0.1, 0.15) is 12.6 Å². The highest BCUT2D eigenvalue weighted by Gasteiger charge is 2.05. The van der Waals surface area contributed by atoms with E-state index < -0.39 is 6.10 Å². The Bertz CT molecular complexity index is 225. The minimum absolute atomic E-state index is 0.0906. The molecule has 1 atom stereocenters. The van der Waals surface area contributed by atoms with Crippen LogP contribution in [0.2, 0.25) is 0 Å². The number of hydrogen-bond acceptors (Lipinski definition) is 4. The van der Waals surface area contributed by atoms with Gasteiger partial charge in [-0.3, -0.25) is 0 Å². The van der Waals surface area contributed by atoms with E-state index in [1.807, 2.05) is 0 Å². The molecule has 4 nitrogen and oxygen atoms in total. The van der Waals surface area contributed by atoms with Gasteiger partial charge in [0.2, 0.25) is 0 Å². The zero-order chi connectivity index (χ0) is 8.10. The summed E-state index contributed by atoms with van der Waals surface area (Å²) in [6.07, 6.45) is 4.33. The number of aliphatic hydroxyl groups is 1. The topological polar surface area (TPSA) is 63.1 Å². The third kappa shape index (κ3) is 2.09. The van der Waals surface area contributed by atoms with E-state index in [0.29, 0.717) is 11.8 Å². The zero-order valence-electron chi connectivity index (χ0n) is 5.84. The summed E-state index contributed by atoms with van der Waals surface area (Å²) < 4.78 is 0. The summed E-state index contributed by atoms with van der Waals surface area (Å²) in [5, 5.41) is 9.21. The van der Waals surface area contributed by atoms with Gasteiger partial charge in [-0.2, -0.15) is 0 Å². The molecule has 1 unspecified atom stereocenters. The van der Waals surface area contributed by atoms with Crippen LogP contribution in [0.5, 0.6) is 0 Å². The van der Waals surface area contributed by atoms with E-state index in [2.05, 4.69) is 9.97 Å². The molecule has 58 valence electrons. The molecule has 1 heterocycles. The molecule has 0 saturated heterocycles. The Kier molecular flexibility index (Phi) is 2.68. The summed E-state index contributed by atoms with van der Waals surface area (Å²) in [6, 6.07) is 0. The molecule has 0 radical (unpaired) electrons. The lowest BCUT2D eigenvalue weighted by atomic mass is 10.1. The first-order valence-corrected chi connectivity index (χ1v) is 3.21. The van der Waals surface area contributed by atoms with E-state index in [-0.39, 0.29) is 6.42 Å². The van der Waals surface area contributed by atoms with Gasteiger partial charge in [-0.05, 0) is 0 Å². The fourth-order valence-electron chi connectivity index (χ4n) is 0.710. The van der Waals surface area contributed by atoms with E-state index in [9.17, 15) is 9.90 Å². The summed E-state index contributed by atoms with van der Waals surface area (Å²) in [7, 11) is 0. The first-order chi connectivity index (χ1) is 5.34. The lowest BCUT2D eigenvalue weighted by Gasteiger charge is -2.03. The highest BCUT2D eigenvalue weighted by Crippen LogP contribution is 2.11. The van der Waals surface area contributed by atoms with Crippen molar-refractivity contribution in [2.75, 3.05) is 0 Å². The van der Waals surface area contributed by atoms with Crippen LogP contribution in [-0.4, -0.2) is 21.4 Å². The number of nitrogens with zero attached hydrogens (tertiary/aromatic N) is 2. The van der Waals surface area contributed by atoms with Crippen molar-refractivity contribution < 1.29 is 9.90 Å². The molecule has 0 aliphatic carbocycles. The van der Waals surface area contributed by atoms with Gasteiger partial charge >= 0.3 is 0 Å². The van der Waals surface area contributed by atoms with Gasteiger partial charge in [0, 0.05) is 24.4 Å². The fourth-order valence-corrected chi connectivity index (χ4v) is 0.710. The van der Waals surface area contributed by atoms with E-state index in [0.717, 1.165) is 0 Å². The third-order valence-corrected chi connectivity index (χ3v) is 1.28. The zero-order valence-corrected chi connectivity index (χ0v) is 5.84. The molecule has 0 bridgehead atoms. The Hall–Kier alpha value is -1.29. The summed E-state index contributed by atoms with van der Waals surface area (Å²) in [6.45, 7) is 0. The van der Waals surface area contributed by atoms with Crippen LogP contribution < -0.4 is 0 Å². The monoisotopic (exact) mass is 152 g/mol. The Morgan fingerprint density at radius 2 is 2.18 bits per heavy atom. The molecule has 1 rings (SSSR count). The average Bonchev–Trinajstić information content (AvgIpc) is 2.07. The first kappa shape index (κ1) is 7.81. The Balaban J connectivity index is 2.68. The molecule has 0 fully saturated rings. The number of rotatable bonds is 3. The minimum atomic E-state index is -0.770. The number of aliphatic hydroxyl groups excluding tert-OH is 1. The van der Waals surface area contributed by atoms with Gasteiger partial charge in [0.15, 0.2) is 0 Å². The van der Waals surface area contributed by atoms with E-state index in [1.54, 1.807) is 0 Å². The van der Waals surface area contributed by atoms with E-state index in [4.69, 9.17) is 0 Å². The highest BCUT2D eigenvalue weighted by molar-refractivity contribution is 5.50. The van der Waals surface area contributed by atoms with Gasteiger partial charge < -0.3 is 9.90 Å². The first-order valence-electron chi connectivity index (χ1n) is 3.21. The van der Waals surface area contributed by atoms with Crippen molar-refractivity contribution in [3.05, 3.63) is 24.3 Å². The second kappa shape index (κ2) is 3.78. The smallest absolute Gasteiger partial charge is 0.122 e. The van der Waals surface area contributed by atoms with E-state index >= 15 is 0 Å². The minimum Gasteiger partial charge on any atom is -0.388 e. The second-order valence-electron chi connectivity index (χ2n) is 2.09. The number of aldehydes is 1. The van der Waals surface area contributed by atoms with Crippen molar-refractivity contribution in [1.29, 1.82) is 0 Å². The molecule has 1 aromatic rings. The summed E-state index contributed by atoms with van der Waals surface area (Å²) in [4.78, 5) is 17.4. The Labute approximate surface area is 63.9 Å². The Morgan fingerprint density at radius 1 is 1.55 bits per heavy atom. The van der Waals surface area contributed by atoms with Crippen molar-refractivity contribution in [3.8, 4) is 0 Å². The maximum absolute atomic E-state index is 9.99. The molecule has 0 aliphatic heterocycles. The highest BCUT2D eigenvalue weighted by atomic mass is 16.3. The van der Waals surface area contributed by atoms with Crippen LogP contribution in [0.15, 0.2) is 18.7 Å². The maximum atomic E-state index is 9.99. The molecule has 11 heavy (non-hydrogen) atoms. The van der Waals surface area contributed by atoms with Crippen LogP contribution in [0.3, 0.4) is 0 Å². The van der Waals surface area contributed by atoms with E-state index in [1.165, 1.54) is 18.7 Å². The van der Waals surface area contributed by atoms with Crippen LogP contribution in [0.1, 0.15) is 18.1 Å². The van der Waals surface area contributed by atoms with Crippen molar-refractivity contribution in [2.45, 2.75) is 12.5 Å². The van der Waals surface area contributed by atoms with Crippen molar-refractivity contribution >= 4 is 6.29 Å². The van der Waals surface area contributed by atoms with Crippen molar-refractivity contribution in [3.63, 3.8) is 0 Å². The molecule has 0 spiro atoms. The summed E-state index contributed by atoms with van der Waals surface area (Å²) in [5.74, 6) is 0. The molecule has 4 heteroatoms. The predicted octanol–water partition coefficient (Wildman–Crippen LogP) is 0.0990. The van der Waals surface area contributed by atoms with Gasteiger partial charge in [-0.1, -0.05) is 0 Å². The van der Waals surface area contributed by atoms with Crippen LogP contribution >= 0.6 is 0 Å². The number of carbonyl (C=O) groups is 1. The molecule has 0 aromatic carbocycles. The van der Waals surface area contributed by atoms with Crippen LogP contribution in [-0.2, 0) is 4.79 Å². The second-order valence-corrected chi connectivity index (χ2v) is 2.09. The number of carbonyl (C=O) groups excluding carboxylic acids is 1. The molecule has 0 aliphatic rings. The molecule has 1 aromatic heterocycles. The van der Waals surface area contributed by atoms with Gasteiger partial charge in [0.25, 0.3) is 0 Å². The van der Waals surface area contributed by atoms with Gasteiger partial charge in [-0.15, -0.1) is 0 Å². The summed E-state index contributed by atoms with van der Waals surface area (Å²) in [5.41, 5.74) is 0.569. The molecular formula is C7H8N2O2. The number of aromatic nitrogens is 2. The quantitative estimate of drug-likeness (QED) is 0.624. The summed E-state index contributed by atoms with van der Waals surface area (Å²) >= 11 is 0. The molecule has 0 saturated carbocycles. The van der Waals surface area contributed by atoms with Gasteiger partial charge in [0.05, 0.1) is 6.10 Å². The molecular weight excluding hydrogens is 144 g/mol. The standard InChI is InChI=1S/C7H8N2O2/c10-2-1-7(11)6-3-8-5-9-4-6/h2-5,7,11H,1H2. The third-order valence-electron chi connectivity index (χ3n) is 1.28. The lowest BCUT2D eigenvalue weighted by Crippen LogP contribution is -1.98. The predicted molar refractivity (Wildman–Crippen MR) is 37.7 cm³/mol. The molecule has 0 amide bonds. The SMILES string of the molecule is O=CCC(O)c1cncnc1. The number of hydrogen-bond donors (Lipinski definition) is 1. The van der Waals surface area contributed by atoms with Crippen LogP contribution in [0, 0.1) is 0 Å². The van der Waals surface area contributed by atoms with Crippen molar-refractivity contribution in [2.24, 2.45) is 0 Å². The van der Waals surface area contributed by atoms with Crippen LogP contribution in [0.25, 0.3) is 0 Å². The Morgan fingerprint density at radius 3 is 2.73 bits per heavy atom. The average molecular weight is 152 g/mol. The van der Waals surface area contributed by atoms with Crippen LogP contribution in [0.4, 0.5) is 0 Å². The van der Waals surface area contributed by atoms with Crippen molar-refractivity contribution in [1.82, 2.24) is 9.97 Å². The molecule has 1 N–H and O–H groups in total. The largest absolute Gasteiger partial charge is 0.388 e. The van der Waals surface area contributed by atoms with Gasteiger partial charge in [-0.25, -0.2) is 9.97 Å². The maximum Gasteiger partial charge on any atom is 0.122 e. The normalized spacial score (nSPS) is 12.5.